The molecule has 1 amide bonds. The quantitative estimate of drug-likeness (QED) is 0.651. The van der Waals surface area contributed by atoms with Crippen molar-refractivity contribution < 1.29 is 9.53 Å². The first kappa shape index (κ1) is 17.0. The van der Waals surface area contributed by atoms with Crippen molar-refractivity contribution in [3.8, 4) is 5.75 Å². The summed E-state index contributed by atoms with van der Waals surface area (Å²) in [6.45, 7) is 0. The standard InChI is InChI=1S/C17H15ClN2O2S/c1-22-15-5-3-2-4-14(15)19-17(23)20-16(21)11-8-12-6-9-13(18)10-7-12/h2-11H,1H3,(H2,19,20,21,23). The van der Waals surface area contributed by atoms with Gasteiger partial charge in [-0.2, -0.15) is 0 Å². The van der Waals surface area contributed by atoms with Crippen LogP contribution in [0.1, 0.15) is 5.56 Å². The SMILES string of the molecule is COc1ccccc1NC(=S)NC(=O)C=Cc1ccc(Cl)cc1. The average Bonchev–Trinajstić information content (AvgIpc) is 2.54. The van der Waals surface area contributed by atoms with E-state index in [1.165, 1.54) is 6.08 Å². The number of amides is 1. The van der Waals surface area contributed by atoms with E-state index >= 15 is 0 Å². The fourth-order valence-electron chi connectivity index (χ4n) is 1.80. The highest BCUT2D eigenvalue weighted by molar-refractivity contribution is 7.80. The third-order valence-electron chi connectivity index (χ3n) is 2.89. The summed E-state index contributed by atoms with van der Waals surface area (Å²) in [4.78, 5) is 11.9. The molecule has 0 spiro atoms. The van der Waals surface area contributed by atoms with Gasteiger partial charge in [-0.3, -0.25) is 10.1 Å². The maximum absolute atomic E-state index is 11.9. The Morgan fingerprint density at radius 2 is 1.87 bits per heavy atom. The van der Waals surface area contributed by atoms with Gasteiger partial charge < -0.3 is 10.1 Å². The number of benzene rings is 2. The summed E-state index contributed by atoms with van der Waals surface area (Å²) in [6.07, 6.45) is 3.08. The molecule has 0 unspecified atom stereocenters. The van der Waals surface area contributed by atoms with E-state index < -0.39 is 0 Å². The molecule has 0 atom stereocenters. The van der Waals surface area contributed by atoms with Crippen molar-refractivity contribution in [3.63, 3.8) is 0 Å². The smallest absolute Gasteiger partial charge is 0.250 e. The highest BCUT2D eigenvalue weighted by Crippen LogP contribution is 2.22. The van der Waals surface area contributed by atoms with Gasteiger partial charge in [0.25, 0.3) is 0 Å². The minimum Gasteiger partial charge on any atom is -0.495 e. The number of nitrogens with one attached hydrogen (secondary N) is 2. The number of hydrogen-bond acceptors (Lipinski definition) is 3. The van der Waals surface area contributed by atoms with Crippen LogP contribution in [0.2, 0.25) is 5.02 Å². The molecule has 0 bridgehead atoms. The van der Waals surface area contributed by atoms with Gasteiger partial charge in [0.05, 0.1) is 12.8 Å². The highest BCUT2D eigenvalue weighted by atomic mass is 35.5. The van der Waals surface area contributed by atoms with E-state index in [9.17, 15) is 4.79 Å². The van der Waals surface area contributed by atoms with Crippen LogP contribution in [0.4, 0.5) is 5.69 Å². The van der Waals surface area contributed by atoms with E-state index in [0.717, 1.165) is 5.56 Å². The number of rotatable bonds is 4. The van der Waals surface area contributed by atoms with E-state index in [1.54, 1.807) is 37.5 Å². The summed E-state index contributed by atoms with van der Waals surface area (Å²) in [5.41, 5.74) is 1.55. The zero-order valence-corrected chi connectivity index (χ0v) is 13.9. The predicted molar refractivity (Wildman–Crippen MR) is 97.8 cm³/mol. The molecule has 2 aromatic rings. The van der Waals surface area contributed by atoms with Gasteiger partial charge in [0.15, 0.2) is 5.11 Å². The molecule has 0 aliphatic rings. The number of carbonyl (C=O) groups excluding carboxylic acids is 1. The lowest BCUT2D eigenvalue weighted by atomic mass is 10.2. The summed E-state index contributed by atoms with van der Waals surface area (Å²) in [5.74, 6) is 0.313. The molecule has 0 aliphatic carbocycles. The van der Waals surface area contributed by atoms with Crippen molar-refractivity contribution in [2.45, 2.75) is 0 Å². The molecule has 118 valence electrons. The zero-order valence-electron chi connectivity index (χ0n) is 12.4. The molecule has 0 radical (unpaired) electrons. The largest absolute Gasteiger partial charge is 0.495 e. The Labute approximate surface area is 145 Å². The lowest BCUT2D eigenvalue weighted by Crippen LogP contribution is -2.32. The second-order valence-corrected chi connectivity index (χ2v) is 5.37. The Kier molecular flexibility index (Phi) is 6.14. The van der Waals surface area contributed by atoms with Crippen LogP contribution in [0, 0.1) is 0 Å². The Hall–Kier alpha value is -2.37. The molecule has 2 N–H and O–H groups in total. The Bertz CT molecular complexity index is 730. The van der Waals surface area contributed by atoms with Crippen molar-refractivity contribution in [3.05, 3.63) is 65.2 Å². The van der Waals surface area contributed by atoms with Gasteiger partial charge in [-0.15, -0.1) is 0 Å². The summed E-state index contributed by atoms with van der Waals surface area (Å²) >= 11 is 10.9. The second kappa shape index (κ2) is 8.31. The molecule has 2 aromatic carbocycles. The summed E-state index contributed by atoms with van der Waals surface area (Å²) in [6, 6.07) is 14.4. The van der Waals surface area contributed by atoms with Gasteiger partial charge in [-0.1, -0.05) is 35.9 Å². The minimum atomic E-state index is -0.327. The molecule has 0 fully saturated rings. The van der Waals surface area contributed by atoms with Crippen LogP contribution in [0.15, 0.2) is 54.6 Å². The minimum absolute atomic E-state index is 0.195. The van der Waals surface area contributed by atoms with Crippen LogP contribution in [0.5, 0.6) is 5.75 Å². The van der Waals surface area contributed by atoms with Crippen molar-refractivity contribution in [2.75, 3.05) is 12.4 Å². The van der Waals surface area contributed by atoms with Crippen molar-refractivity contribution in [1.82, 2.24) is 5.32 Å². The van der Waals surface area contributed by atoms with Gasteiger partial charge in [-0.05, 0) is 48.1 Å². The van der Waals surface area contributed by atoms with Crippen LogP contribution in [0.3, 0.4) is 0 Å². The Balaban J connectivity index is 1.92. The van der Waals surface area contributed by atoms with Crippen LogP contribution in [-0.2, 0) is 4.79 Å². The van der Waals surface area contributed by atoms with E-state index in [2.05, 4.69) is 10.6 Å². The maximum Gasteiger partial charge on any atom is 0.250 e. The van der Waals surface area contributed by atoms with Crippen molar-refractivity contribution >= 4 is 46.6 Å². The second-order valence-electron chi connectivity index (χ2n) is 4.53. The monoisotopic (exact) mass is 346 g/mol. The predicted octanol–water partition coefficient (Wildman–Crippen LogP) is 3.88. The fourth-order valence-corrected chi connectivity index (χ4v) is 2.14. The lowest BCUT2D eigenvalue weighted by molar-refractivity contribution is -0.115. The first-order valence-electron chi connectivity index (χ1n) is 6.77. The number of carbonyl (C=O) groups is 1. The van der Waals surface area contributed by atoms with Crippen molar-refractivity contribution in [1.29, 1.82) is 0 Å². The first-order valence-corrected chi connectivity index (χ1v) is 7.56. The van der Waals surface area contributed by atoms with Gasteiger partial charge in [-0.25, -0.2) is 0 Å². The van der Waals surface area contributed by atoms with E-state index in [0.29, 0.717) is 16.5 Å². The summed E-state index contributed by atoms with van der Waals surface area (Å²) < 4.78 is 5.21. The molecule has 0 saturated carbocycles. The van der Waals surface area contributed by atoms with Gasteiger partial charge in [0.1, 0.15) is 5.75 Å². The molecule has 2 rings (SSSR count). The maximum atomic E-state index is 11.9. The van der Waals surface area contributed by atoms with E-state index in [-0.39, 0.29) is 11.0 Å². The summed E-state index contributed by atoms with van der Waals surface area (Å²) in [5, 5.41) is 6.34. The molecule has 23 heavy (non-hydrogen) atoms. The third kappa shape index (κ3) is 5.39. The van der Waals surface area contributed by atoms with Gasteiger partial charge in [0, 0.05) is 11.1 Å². The number of para-hydroxylation sites is 2. The number of hydrogen-bond donors (Lipinski definition) is 2. The number of thiocarbonyl (C=S) groups is 1. The molecule has 4 nitrogen and oxygen atoms in total. The number of ether oxygens (including phenoxy) is 1. The fraction of sp³-hybridized carbons (Fsp3) is 0.0588. The molecule has 6 heteroatoms. The van der Waals surface area contributed by atoms with E-state index in [4.69, 9.17) is 28.6 Å². The normalized spacial score (nSPS) is 10.3. The van der Waals surface area contributed by atoms with Gasteiger partial charge in [0.2, 0.25) is 5.91 Å². The topological polar surface area (TPSA) is 50.4 Å². The molecule has 0 saturated heterocycles. The van der Waals surface area contributed by atoms with Crippen molar-refractivity contribution in [2.24, 2.45) is 0 Å². The van der Waals surface area contributed by atoms with Crippen LogP contribution in [0.25, 0.3) is 6.08 Å². The zero-order chi connectivity index (χ0) is 16.7. The van der Waals surface area contributed by atoms with Gasteiger partial charge >= 0.3 is 0 Å². The number of methoxy groups -OCH3 is 1. The van der Waals surface area contributed by atoms with E-state index in [1.807, 2.05) is 24.3 Å². The molecular weight excluding hydrogens is 332 g/mol. The Morgan fingerprint density at radius 1 is 1.17 bits per heavy atom. The number of anilines is 1. The van der Waals surface area contributed by atoms with Crippen LogP contribution >= 0.6 is 23.8 Å². The Morgan fingerprint density at radius 3 is 2.57 bits per heavy atom. The molecule has 0 aromatic heterocycles. The molecule has 0 aliphatic heterocycles. The van der Waals surface area contributed by atoms with Crippen LogP contribution in [-0.4, -0.2) is 18.1 Å². The first-order chi connectivity index (χ1) is 11.1. The average molecular weight is 347 g/mol. The summed E-state index contributed by atoms with van der Waals surface area (Å²) in [7, 11) is 1.57. The molecular formula is C17H15ClN2O2S. The highest BCUT2D eigenvalue weighted by Gasteiger charge is 2.05. The lowest BCUT2D eigenvalue weighted by Gasteiger charge is -2.11. The number of halogens is 1. The third-order valence-corrected chi connectivity index (χ3v) is 3.35. The molecule has 0 heterocycles. The van der Waals surface area contributed by atoms with Crippen LogP contribution < -0.4 is 15.4 Å².